The Morgan fingerprint density at radius 1 is 0.586 bits per heavy atom. The number of hydrogen-bond acceptors (Lipinski definition) is 9. The standard InChI is InChI=1S/C47H34N4O7/c1-24-7-6-8-30(41(24)52)38-29-21-22-31-39(46(55)50(44(31)53)27-17-13-25(14-18-27)42-48-34-9-2-4-11-36(34)57-42)32(29)23-33-40(38)47(56)51(45(33)54)28-19-15-26(16-20-28)43-49-35-10-3-5-12-37(35)58-43/h2-21,31-33,38-40,52H,22-23H2,1H3. The topological polar surface area (TPSA) is 147 Å². The molecule has 284 valence electrons. The minimum absolute atomic E-state index is 0.0470. The first kappa shape index (κ1) is 34.1. The fourth-order valence-corrected chi connectivity index (χ4v) is 9.88. The molecule has 2 aliphatic heterocycles. The molecule has 0 radical (unpaired) electrons. The number of oxazole rings is 2. The molecule has 7 aromatic rings. The van der Waals surface area contributed by atoms with Crippen LogP contribution in [-0.2, 0) is 19.2 Å². The second-order valence-electron chi connectivity index (χ2n) is 15.6. The van der Waals surface area contributed by atoms with Crippen molar-refractivity contribution in [2.75, 3.05) is 9.80 Å². The molecule has 11 nitrogen and oxygen atoms in total. The third-order valence-electron chi connectivity index (χ3n) is 12.6. The van der Waals surface area contributed by atoms with Crippen molar-refractivity contribution in [3.63, 3.8) is 0 Å². The van der Waals surface area contributed by atoms with E-state index in [1.54, 1.807) is 67.6 Å². The number of phenolic OH excluding ortho intramolecular Hbond substituents is 1. The number of allylic oxidation sites excluding steroid dienone is 2. The summed E-state index contributed by atoms with van der Waals surface area (Å²) in [6.07, 6.45) is 2.49. The first-order valence-corrected chi connectivity index (χ1v) is 19.4. The number of aryl methyl sites for hydroxylation is 1. The predicted octanol–water partition coefficient (Wildman–Crippen LogP) is 8.36. The number of benzene rings is 5. The fourth-order valence-electron chi connectivity index (χ4n) is 9.88. The molecule has 1 saturated carbocycles. The van der Waals surface area contributed by atoms with Gasteiger partial charge < -0.3 is 13.9 Å². The number of anilines is 2. The van der Waals surface area contributed by atoms with Crippen LogP contribution in [0.2, 0.25) is 0 Å². The zero-order valence-corrected chi connectivity index (χ0v) is 31.1. The molecule has 6 atom stereocenters. The van der Waals surface area contributed by atoms with Crippen molar-refractivity contribution in [1.29, 1.82) is 0 Å². The second-order valence-corrected chi connectivity index (χ2v) is 15.6. The largest absolute Gasteiger partial charge is 0.507 e. The monoisotopic (exact) mass is 766 g/mol. The summed E-state index contributed by atoms with van der Waals surface area (Å²) >= 11 is 0. The maximum absolute atomic E-state index is 14.7. The van der Waals surface area contributed by atoms with E-state index in [9.17, 15) is 24.3 Å². The summed E-state index contributed by atoms with van der Waals surface area (Å²) in [5, 5.41) is 11.5. The lowest BCUT2D eigenvalue weighted by atomic mass is 9.57. The Labute approximate surface area is 331 Å². The van der Waals surface area contributed by atoms with Gasteiger partial charge in [0.1, 0.15) is 16.8 Å². The lowest BCUT2D eigenvalue weighted by Gasteiger charge is -2.44. The predicted molar refractivity (Wildman–Crippen MR) is 214 cm³/mol. The van der Waals surface area contributed by atoms with Crippen molar-refractivity contribution in [1.82, 2.24) is 9.97 Å². The van der Waals surface area contributed by atoms with Gasteiger partial charge in [-0.2, -0.15) is 0 Å². The molecule has 11 heteroatoms. The van der Waals surface area contributed by atoms with E-state index >= 15 is 0 Å². The summed E-state index contributed by atoms with van der Waals surface area (Å²) in [4.78, 5) is 69.7. The third-order valence-corrected chi connectivity index (χ3v) is 12.6. The number of phenols is 1. The Morgan fingerprint density at radius 3 is 1.69 bits per heavy atom. The Hall–Kier alpha value is -7.14. The Bertz CT molecular complexity index is 2840. The van der Waals surface area contributed by atoms with E-state index in [1.165, 1.54) is 9.80 Å². The van der Waals surface area contributed by atoms with Crippen LogP contribution in [0.3, 0.4) is 0 Å². The van der Waals surface area contributed by atoms with Gasteiger partial charge in [0.2, 0.25) is 35.4 Å². The second kappa shape index (κ2) is 12.7. The maximum Gasteiger partial charge on any atom is 0.238 e. The number of amides is 4. The average Bonchev–Trinajstić information content (AvgIpc) is 4.00. The Morgan fingerprint density at radius 2 is 1.12 bits per heavy atom. The average molecular weight is 767 g/mol. The van der Waals surface area contributed by atoms with E-state index in [4.69, 9.17) is 8.83 Å². The molecule has 4 aliphatic rings. The van der Waals surface area contributed by atoms with Crippen LogP contribution in [0.4, 0.5) is 11.4 Å². The van der Waals surface area contributed by atoms with Gasteiger partial charge in [0.25, 0.3) is 0 Å². The van der Waals surface area contributed by atoms with Crippen LogP contribution < -0.4 is 9.80 Å². The minimum atomic E-state index is -0.821. The highest BCUT2D eigenvalue weighted by Crippen LogP contribution is 2.59. The Kier molecular flexibility index (Phi) is 7.47. The molecule has 5 aromatic carbocycles. The molecule has 1 N–H and O–H groups in total. The lowest BCUT2D eigenvalue weighted by Crippen LogP contribution is -2.43. The highest BCUT2D eigenvalue weighted by Gasteiger charge is 2.62. The normalized spacial score (nSPS) is 24.1. The number of carbonyl (C=O) groups is 4. The van der Waals surface area contributed by atoms with Crippen LogP contribution in [0.1, 0.15) is 29.9 Å². The summed E-state index contributed by atoms with van der Waals surface area (Å²) in [5.74, 6) is -4.66. The molecular weight excluding hydrogens is 733 g/mol. The molecule has 2 aliphatic carbocycles. The van der Waals surface area contributed by atoms with E-state index in [0.717, 1.165) is 16.6 Å². The van der Waals surface area contributed by atoms with Crippen LogP contribution in [0.15, 0.2) is 136 Å². The molecule has 11 rings (SSSR count). The van der Waals surface area contributed by atoms with Gasteiger partial charge in [-0.1, -0.05) is 54.1 Å². The molecule has 0 bridgehead atoms. The van der Waals surface area contributed by atoms with E-state index < -0.39 is 35.5 Å². The number of aromatic hydroxyl groups is 1. The lowest BCUT2D eigenvalue weighted by molar-refractivity contribution is -0.126. The van der Waals surface area contributed by atoms with Gasteiger partial charge in [-0.25, -0.2) is 9.97 Å². The first-order chi connectivity index (χ1) is 28.2. The van der Waals surface area contributed by atoms with E-state index in [1.807, 2.05) is 60.7 Å². The summed E-state index contributed by atoms with van der Waals surface area (Å²) < 4.78 is 11.9. The zero-order valence-electron chi connectivity index (χ0n) is 31.1. The van der Waals surface area contributed by atoms with Crippen molar-refractivity contribution in [3.8, 4) is 28.7 Å². The minimum Gasteiger partial charge on any atom is -0.507 e. The SMILES string of the molecule is Cc1cccc(C2C3=CCC4C(=O)N(c5ccc(-c6nc7ccccc7o6)cc5)C(=O)C4C3CC3C(=O)N(c4ccc(-c5nc6ccccc6o5)cc4)C(=O)C32)c1O. The number of nitrogens with zero attached hydrogens (tertiary/aromatic N) is 4. The van der Waals surface area contributed by atoms with E-state index in [2.05, 4.69) is 9.97 Å². The van der Waals surface area contributed by atoms with E-state index in [0.29, 0.717) is 63.0 Å². The summed E-state index contributed by atoms with van der Waals surface area (Å²) in [5.41, 5.74) is 6.97. The van der Waals surface area contributed by atoms with Gasteiger partial charge in [0.15, 0.2) is 11.2 Å². The number of fused-ring (bicyclic) bond motifs is 6. The molecular formula is C47H34N4O7. The van der Waals surface area contributed by atoms with Gasteiger partial charge >= 0.3 is 0 Å². The zero-order chi connectivity index (χ0) is 39.4. The van der Waals surface area contributed by atoms with Crippen LogP contribution in [0.25, 0.3) is 45.1 Å². The summed E-state index contributed by atoms with van der Waals surface area (Å²) in [7, 11) is 0. The third kappa shape index (κ3) is 4.98. The van der Waals surface area contributed by atoms with Crippen LogP contribution in [0, 0.1) is 36.5 Å². The van der Waals surface area contributed by atoms with Gasteiger partial charge in [0, 0.05) is 22.6 Å². The van der Waals surface area contributed by atoms with Crippen molar-refractivity contribution < 1.29 is 33.1 Å². The molecule has 0 spiro atoms. The van der Waals surface area contributed by atoms with E-state index in [-0.39, 0.29) is 35.8 Å². The summed E-state index contributed by atoms with van der Waals surface area (Å²) in [6.45, 7) is 1.79. The first-order valence-electron chi connectivity index (χ1n) is 19.4. The number of imide groups is 2. The molecule has 4 heterocycles. The molecule has 3 fully saturated rings. The molecule has 4 amide bonds. The number of carbonyl (C=O) groups excluding carboxylic acids is 4. The van der Waals surface area contributed by atoms with Crippen LogP contribution in [-0.4, -0.2) is 38.7 Å². The maximum atomic E-state index is 14.7. The van der Waals surface area contributed by atoms with Gasteiger partial charge in [0.05, 0.1) is 35.0 Å². The number of para-hydroxylation sites is 5. The van der Waals surface area contributed by atoms with Crippen molar-refractivity contribution in [2.24, 2.45) is 29.6 Å². The number of rotatable bonds is 5. The highest BCUT2D eigenvalue weighted by molar-refractivity contribution is 6.24. The van der Waals surface area contributed by atoms with Crippen molar-refractivity contribution in [3.05, 3.63) is 138 Å². The fraction of sp³-hybridized carbons (Fsp3) is 0.191. The molecule has 58 heavy (non-hydrogen) atoms. The molecule has 2 aromatic heterocycles. The number of hydrogen-bond donors (Lipinski definition) is 1. The molecule has 6 unspecified atom stereocenters. The van der Waals surface area contributed by atoms with Gasteiger partial charge in [-0.3, -0.25) is 29.0 Å². The summed E-state index contributed by atoms with van der Waals surface area (Å²) in [6, 6.07) is 34.3. The van der Waals surface area contributed by atoms with Gasteiger partial charge in [-0.05, 0) is 104 Å². The van der Waals surface area contributed by atoms with Gasteiger partial charge in [-0.15, -0.1) is 0 Å². The smallest absolute Gasteiger partial charge is 0.238 e. The van der Waals surface area contributed by atoms with Crippen LogP contribution >= 0.6 is 0 Å². The highest BCUT2D eigenvalue weighted by atomic mass is 16.4. The Balaban J connectivity index is 0.932. The van der Waals surface area contributed by atoms with Crippen molar-refractivity contribution in [2.45, 2.75) is 25.7 Å². The van der Waals surface area contributed by atoms with Crippen LogP contribution in [0.5, 0.6) is 5.75 Å². The van der Waals surface area contributed by atoms with Crippen molar-refractivity contribution >= 4 is 57.2 Å². The quantitative estimate of drug-likeness (QED) is 0.135. The molecule has 2 saturated heterocycles. The number of aromatic nitrogens is 2.